The van der Waals surface area contributed by atoms with Crippen LogP contribution in [0.25, 0.3) is 0 Å². The molecule has 0 unspecified atom stereocenters. The minimum absolute atomic E-state index is 0.264. The lowest BCUT2D eigenvalue weighted by atomic mass is 10.2. The third-order valence-electron chi connectivity index (χ3n) is 1.84. The first-order chi connectivity index (χ1) is 6.56. The van der Waals surface area contributed by atoms with Gasteiger partial charge in [0.1, 0.15) is 0 Å². The number of hydrogen-bond acceptors (Lipinski definition) is 3. The van der Waals surface area contributed by atoms with Crippen LogP contribution in [-0.4, -0.2) is 30.1 Å². The molecule has 76 valence electrons. The zero-order valence-corrected chi connectivity index (χ0v) is 9.00. The van der Waals surface area contributed by atoms with Crippen LogP contribution in [0.15, 0.2) is 12.3 Å². The summed E-state index contributed by atoms with van der Waals surface area (Å²) in [6.45, 7) is 1.74. The van der Waals surface area contributed by atoms with Gasteiger partial charge in [-0.25, -0.2) is 5.06 Å². The van der Waals surface area contributed by atoms with Crippen molar-refractivity contribution in [3.05, 3.63) is 28.5 Å². The molecule has 0 spiro atoms. The predicted molar refractivity (Wildman–Crippen MR) is 53.1 cm³/mol. The minimum atomic E-state index is -0.264. The second kappa shape index (κ2) is 4.39. The van der Waals surface area contributed by atoms with Gasteiger partial charge in [0.25, 0.3) is 5.91 Å². The summed E-state index contributed by atoms with van der Waals surface area (Å²) in [6, 6.07) is 1.57. The number of carbonyl (C=O) groups excluding carboxylic acids is 1. The summed E-state index contributed by atoms with van der Waals surface area (Å²) in [5, 5.41) is 1.56. The minimum Gasteiger partial charge on any atom is -0.274 e. The molecule has 0 bridgehead atoms. The third kappa shape index (κ3) is 2.21. The number of amides is 1. The van der Waals surface area contributed by atoms with Gasteiger partial charge in [0, 0.05) is 13.2 Å². The van der Waals surface area contributed by atoms with Crippen molar-refractivity contribution in [3.8, 4) is 0 Å². The van der Waals surface area contributed by atoms with Gasteiger partial charge < -0.3 is 0 Å². The fourth-order valence-corrected chi connectivity index (χ4v) is 1.13. The van der Waals surface area contributed by atoms with Crippen LogP contribution in [0.4, 0.5) is 0 Å². The monoisotopic (exact) mass is 214 g/mol. The maximum absolute atomic E-state index is 11.7. The van der Waals surface area contributed by atoms with E-state index >= 15 is 0 Å². The highest BCUT2D eigenvalue weighted by atomic mass is 35.5. The summed E-state index contributed by atoms with van der Waals surface area (Å²) >= 11 is 5.73. The van der Waals surface area contributed by atoms with Crippen LogP contribution >= 0.6 is 11.6 Å². The lowest BCUT2D eigenvalue weighted by molar-refractivity contribution is -0.0757. The molecule has 0 saturated heterocycles. The van der Waals surface area contributed by atoms with Crippen LogP contribution in [0.3, 0.4) is 0 Å². The number of rotatable bonds is 2. The van der Waals surface area contributed by atoms with E-state index in [2.05, 4.69) is 4.98 Å². The molecule has 0 aliphatic carbocycles. The van der Waals surface area contributed by atoms with E-state index in [4.69, 9.17) is 16.4 Å². The number of halogens is 1. The van der Waals surface area contributed by atoms with Crippen LogP contribution < -0.4 is 0 Å². The molecule has 0 N–H and O–H groups in total. The molecule has 4 nitrogen and oxygen atoms in total. The second-order valence-electron chi connectivity index (χ2n) is 2.77. The second-order valence-corrected chi connectivity index (χ2v) is 3.21. The van der Waals surface area contributed by atoms with E-state index in [9.17, 15) is 4.79 Å². The van der Waals surface area contributed by atoms with E-state index in [0.29, 0.717) is 16.3 Å². The van der Waals surface area contributed by atoms with Gasteiger partial charge in [-0.2, -0.15) is 0 Å². The Hall–Kier alpha value is -1.13. The first kappa shape index (κ1) is 10.9. The fourth-order valence-electron chi connectivity index (χ4n) is 0.977. The van der Waals surface area contributed by atoms with Gasteiger partial charge in [0.15, 0.2) is 0 Å². The Kier molecular flexibility index (Phi) is 3.43. The average Bonchev–Trinajstić information content (AvgIpc) is 2.19. The van der Waals surface area contributed by atoms with Crippen molar-refractivity contribution in [1.82, 2.24) is 10.0 Å². The average molecular weight is 215 g/mol. The quantitative estimate of drug-likeness (QED) is 0.704. The van der Waals surface area contributed by atoms with Crippen LogP contribution in [0, 0.1) is 6.92 Å². The van der Waals surface area contributed by atoms with Gasteiger partial charge in [0.05, 0.1) is 23.4 Å². The maximum atomic E-state index is 11.7. The van der Waals surface area contributed by atoms with E-state index < -0.39 is 0 Å². The Morgan fingerprint density at radius 1 is 1.64 bits per heavy atom. The first-order valence-electron chi connectivity index (χ1n) is 4.00. The first-order valence-corrected chi connectivity index (χ1v) is 4.38. The molecular formula is C9H11ClN2O2. The highest BCUT2D eigenvalue weighted by molar-refractivity contribution is 6.30. The summed E-state index contributed by atoms with van der Waals surface area (Å²) in [4.78, 5) is 20.4. The Bertz CT molecular complexity index is 355. The molecule has 1 heterocycles. The Morgan fingerprint density at radius 3 is 2.86 bits per heavy atom. The molecule has 1 rings (SSSR count). The lowest BCUT2D eigenvalue weighted by Gasteiger charge is -2.14. The fraction of sp³-hybridized carbons (Fsp3) is 0.333. The van der Waals surface area contributed by atoms with Crippen molar-refractivity contribution in [2.24, 2.45) is 0 Å². The highest BCUT2D eigenvalue weighted by Gasteiger charge is 2.14. The standard InChI is InChI=1S/C9H11ClN2O2/c1-6-8(4-7(10)5-11-6)9(13)12(2)14-3/h4-5H,1-3H3. The van der Waals surface area contributed by atoms with Gasteiger partial charge in [-0.15, -0.1) is 0 Å². The van der Waals surface area contributed by atoms with E-state index in [0.717, 1.165) is 5.06 Å². The number of aromatic nitrogens is 1. The van der Waals surface area contributed by atoms with Crippen molar-refractivity contribution in [2.45, 2.75) is 6.92 Å². The molecular weight excluding hydrogens is 204 g/mol. The van der Waals surface area contributed by atoms with Crippen molar-refractivity contribution < 1.29 is 9.63 Å². The molecule has 0 aliphatic heterocycles. The zero-order chi connectivity index (χ0) is 10.7. The molecule has 0 aromatic carbocycles. The topological polar surface area (TPSA) is 42.4 Å². The Labute approximate surface area is 87.4 Å². The van der Waals surface area contributed by atoms with Gasteiger partial charge in [-0.3, -0.25) is 14.6 Å². The SMILES string of the molecule is CON(C)C(=O)c1cc(Cl)cnc1C. The van der Waals surface area contributed by atoms with Crippen LogP contribution in [0.5, 0.6) is 0 Å². The number of hydroxylamine groups is 2. The number of nitrogens with zero attached hydrogens (tertiary/aromatic N) is 2. The summed E-state index contributed by atoms with van der Waals surface area (Å²) in [6.07, 6.45) is 1.50. The highest BCUT2D eigenvalue weighted by Crippen LogP contribution is 2.14. The molecule has 0 saturated carbocycles. The van der Waals surface area contributed by atoms with Crippen LogP contribution in [0.2, 0.25) is 5.02 Å². The van der Waals surface area contributed by atoms with Gasteiger partial charge in [-0.05, 0) is 13.0 Å². The van der Waals surface area contributed by atoms with Crippen molar-refractivity contribution >= 4 is 17.5 Å². The molecule has 1 amide bonds. The largest absolute Gasteiger partial charge is 0.279 e. The van der Waals surface area contributed by atoms with Gasteiger partial charge >= 0.3 is 0 Å². The zero-order valence-electron chi connectivity index (χ0n) is 8.24. The van der Waals surface area contributed by atoms with Crippen molar-refractivity contribution in [1.29, 1.82) is 0 Å². The molecule has 14 heavy (non-hydrogen) atoms. The van der Waals surface area contributed by atoms with Crippen molar-refractivity contribution in [3.63, 3.8) is 0 Å². The number of aryl methyl sites for hydroxylation is 1. The van der Waals surface area contributed by atoms with Gasteiger partial charge in [0.2, 0.25) is 0 Å². The summed E-state index contributed by atoms with van der Waals surface area (Å²) in [5.41, 5.74) is 1.07. The number of carbonyl (C=O) groups is 1. The molecule has 1 aromatic rings. The predicted octanol–water partition coefficient (Wildman–Crippen LogP) is 1.68. The Morgan fingerprint density at radius 2 is 2.29 bits per heavy atom. The molecule has 5 heteroatoms. The van der Waals surface area contributed by atoms with E-state index in [1.54, 1.807) is 13.0 Å². The lowest BCUT2D eigenvalue weighted by Crippen LogP contribution is -2.26. The molecule has 0 fully saturated rings. The molecule has 0 aliphatic rings. The molecule has 0 radical (unpaired) electrons. The van der Waals surface area contributed by atoms with Crippen LogP contribution in [0.1, 0.15) is 16.1 Å². The number of pyridine rings is 1. The van der Waals surface area contributed by atoms with Crippen LogP contribution in [-0.2, 0) is 4.84 Å². The Balaban J connectivity index is 3.06. The number of hydrogen-bond donors (Lipinski definition) is 0. The molecule has 1 aromatic heterocycles. The smallest absolute Gasteiger partial charge is 0.274 e. The van der Waals surface area contributed by atoms with E-state index in [1.807, 2.05) is 0 Å². The van der Waals surface area contributed by atoms with E-state index in [-0.39, 0.29) is 5.91 Å². The van der Waals surface area contributed by atoms with Crippen molar-refractivity contribution in [2.75, 3.05) is 14.2 Å². The summed E-state index contributed by atoms with van der Waals surface area (Å²) < 4.78 is 0. The molecule has 0 atom stereocenters. The summed E-state index contributed by atoms with van der Waals surface area (Å²) in [7, 11) is 2.95. The summed E-state index contributed by atoms with van der Waals surface area (Å²) in [5.74, 6) is -0.264. The normalized spacial score (nSPS) is 10.0. The maximum Gasteiger partial charge on any atom is 0.279 e. The van der Waals surface area contributed by atoms with E-state index in [1.165, 1.54) is 20.4 Å². The van der Waals surface area contributed by atoms with Gasteiger partial charge in [-0.1, -0.05) is 11.6 Å². The third-order valence-corrected chi connectivity index (χ3v) is 2.05.